The van der Waals surface area contributed by atoms with Gasteiger partial charge in [-0.1, -0.05) is 0 Å². The molecule has 0 N–H and O–H groups in total. The molecule has 1 heterocycles. The van der Waals surface area contributed by atoms with Gasteiger partial charge >= 0.3 is 6.18 Å². The maximum Gasteiger partial charge on any atom is 0.433 e. The molecule has 0 amide bonds. The first-order valence-electron chi connectivity index (χ1n) is 4.77. The standard InChI is InChI=1S/C9H7F5N2/c1-16-7(9(12,13)14)5-6(15-16)3-2-4(3)8(5,10)11/h3-4H,2H2,1H3. The number of hydrogen-bond acceptors (Lipinski definition) is 1. The second-order valence-electron chi connectivity index (χ2n) is 4.30. The van der Waals surface area contributed by atoms with Gasteiger partial charge in [-0.2, -0.15) is 18.3 Å². The number of rotatable bonds is 0. The lowest BCUT2D eigenvalue weighted by Crippen LogP contribution is -2.21. The maximum absolute atomic E-state index is 13.6. The van der Waals surface area contributed by atoms with Gasteiger partial charge in [-0.25, -0.2) is 8.78 Å². The topological polar surface area (TPSA) is 17.8 Å². The van der Waals surface area contributed by atoms with Crippen LogP contribution in [0.15, 0.2) is 0 Å². The molecule has 2 unspecified atom stereocenters. The van der Waals surface area contributed by atoms with E-state index in [0.29, 0.717) is 4.68 Å². The number of hydrogen-bond donors (Lipinski definition) is 0. The van der Waals surface area contributed by atoms with Crippen molar-refractivity contribution in [3.63, 3.8) is 0 Å². The Balaban J connectivity index is 2.26. The van der Waals surface area contributed by atoms with Gasteiger partial charge in [-0.05, 0) is 6.42 Å². The molecule has 3 rings (SSSR count). The van der Waals surface area contributed by atoms with Crippen LogP contribution in [0.5, 0.6) is 0 Å². The fourth-order valence-electron chi connectivity index (χ4n) is 2.54. The molecule has 7 heteroatoms. The van der Waals surface area contributed by atoms with Crippen LogP contribution < -0.4 is 0 Å². The summed E-state index contributed by atoms with van der Waals surface area (Å²) in [5.74, 6) is -4.82. The molecule has 0 spiro atoms. The van der Waals surface area contributed by atoms with Gasteiger partial charge in [0.05, 0.1) is 11.3 Å². The second kappa shape index (κ2) is 2.41. The van der Waals surface area contributed by atoms with Gasteiger partial charge < -0.3 is 0 Å². The molecule has 16 heavy (non-hydrogen) atoms. The van der Waals surface area contributed by atoms with Gasteiger partial charge in [0.2, 0.25) is 0 Å². The van der Waals surface area contributed by atoms with Gasteiger partial charge in [0, 0.05) is 18.9 Å². The normalized spacial score (nSPS) is 30.1. The van der Waals surface area contributed by atoms with Crippen molar-refractivity contribution in [3.05, 3.63) is 17.0 Å². The van der Waals surface area contributed by atoms with Gasteiger partial charge in [-0.3, -0.25) is 4.68 Å². The SMILES string of the molecule is Cn1nc2c(c1C(F)(F)F)C(F)(F)C1CC21. The van der Waals surface area contributed by atoms with Crippen LogP contribution >= 0.6 is 0 Å². The zero-order valence-electron chi connectivity index (χ0n) is 8.15. The lowest BCUT2D eigenvalue weighted by atomic mass is 10.1. The van der Waals surface area contributed by atoms with Crippen LogP contribution in [0.1, 0.15) is 29.3 Å². The Hall–Kier alpha value is -1.14. The quantitative estimate of drug-likeness (QED) is 0.635. The fourth-order valence-corrected chi connectivity index (χ4v) is 2.54. The monoisotopic (exact) mass is 238 g/mol. The summed E-state index contributed by atoms with van der Waals surface area (Å²) in [7, 11) is 1.05. The lowest BCUT2D eigenvalue weighted by molar-refractivity contribution is -0.148. The Morgan fingerprint density at radius 1 is 1.38 bits per heavy atom. The molecule has 1 aromatic heterocycles. The van der Waals surface area contributed by atoms with Gasteiger partial charge in [0.25, 0.3) is 5.92 Å². The number of halogens is 5. The molecule has 1 aromatic rings. The van der Waals surface area contributed by atoms with E-state index in [1.54, 1.807) is 0 Å². The Morgan fingerprint density at radius 2 is 2.00 bits per heavy atom. The lowest BCUT2D eigenvalue weighted by Gasteiger charge is -2.16. The van der Waals surface area contributed by atoms with Crippen molar-refractivity contribution in [2.24, 2.45) is 13.0 Å². The largest absolute Gasteiger partial charge is 0.433 e. The van der Waals surface area contributed by atoms with E-state index >= 15 is 0 Å². The zero-order valence-corrected chi connectivity index (χ0v) is 8.15. The summed E-state index contributed by atoms with van der Waals surface area (Å²) in [4.78, 5) is 0. The summed E-state index contributed by atoms with van der Waals surface area (Å²) in [5.41, 5.74) is -2.27. The Labute approximate surface area is 87.0 Å². The van der Waals surface area contributed by atoms with Crippen LogP contribution in [0.2, 0.25) is 0 Å². The highest BCUT2D eigenvalue weighted by Crippen LogP contribution is 2.68. The Kier molecular flexibility index (Phi) is 1.51. The van der Waals surface area contributed by atoms with E-state index in [9.17, 15) is 22.0 Å². The Morgan fingerprint density at radius 3 is 2.56 bits per heavy atom. The zero-order chi connectivity index (χ0) is 11.9. The number of aryl methyl sites for hydroxylation is 1. The molecular formula is C9H7F5N2. The first-order valence-corrected chi connectivity index (χ1v) is 4.77. The molecule has 88 valence electrons. The van der Waals surface area contributed by atoms with Crippen LogP contribution in [-0.4, -0.2) is 9.78 Å². The summed E-state index contributed by atoms with van der Waals surface area (Å²) < 4.78 is 65.7. The van der Waals surface area contributed by atoms with Crippen LogP contribution in [0, 0.1) is 5.92 Å². The average molecular weight is 238 g/mol. The third-order valence-corrected chi connectivity index (χ3v) is 3.28. The van der Waals surface area contributed by atoms with Crippen molar-refractivity contribution in [2.45, 2.75) is 24.4 Å². The minimum Gasteiger partial charge on any atom is -0.263 e. The Bertz CT molecular complexity index is 473. The highest BCUT2D eigenvalue weighted by molar-refractivity contribution is 5.46. The molecule has 1 saturated carbocycles. The number of aromatic nitrogens is 2. The van der Waals surface area contributed by atoms with E-state index in [0.717, 1.165) is 7.05 Å². The van der Waals surface area contributed by atoms with E-state index < -0.39 is 35.2 Å². The molecule has 2 aliphatic carbocycles. The summed E-state index contributed by atoms with van der Waals surface area (Å²) in [5, 5.41) is 3.59. The third-order valence-electron chi connectivity index (χ3n) is 3.28. The highest BCUT2D eigenvalue weighted by atomic mass is 19.4. The highest BCUT2D eigenvalue weighted by Gasteiger charge is 2.68. The minimum atomic E-state index is -4.78. The van der Waals surface area contributed by atoms with E-state index in [2.05, 4.69) is 5.10 Å². The molecule has 1 fully saturated rings. The first kappa shape index (κ1) is 10.0. The van der Waals surface area contributed by atoms with Crippen LogP contribution in [0.3, 0.4) is 0 Å². The summed E-state index contributed by atoms with van der Waals surface area (Å²) in [6.45, 7) is 0. The van der Waals surface area contributed by atoms with Crippen molar-refractivity contribution in [1.29, 1.82) is 0 Å². The second-order valence-corrected chi connectivity index (χ2v) is 4.30. The average Bonchev–Trinajstić information content (AvgIpc) is 2.76. The van der Waals surface area contributed by atoms with E-state index in [-0.39, 0.29) is 12.1 Å². The van der Waals surface area contributed by atoms with Gasteiger partial charge in [-0.15, -0.1) is 0 Å². The summed E-state index contributed by atoms with van der Waals surface area (Å²) in [6.07, 6.45) is -4.54. The molecular weight excluding hydrogens is 231 g/mol. The van der Waals surface area contributed by atoms with Crippen molar-refractivity contribution in [2.75, 3.05) is 0 Å². The van der Waals surface area contributed by atoms with Crippen molar-refractivity contribution in [1.82, 2.24) is 9.78 Å². The van der Waals surface area contributed by atoms with Crippen molar-refractivity contribution in [3.8, 4) is 0 Å². The molecule has 2 nitrogen and oxygen atoms in total. The predicted molar refractivity (Wildman–Crippen MR) is 43.0 cm³/mol. The summed E-state index contributed by atoms with van der Waals surface area (Å²) >= 11 is 0. The molecule has 0 aromatic carbocycles. The van der Waals surface area contributed by atoms with E-state index in [1.807, 2.05) is 0 Å². The molecule has 2 atom stereocenters. The molecule has 0 bridgehead atoms. The van der Waals surface area contributed by atoms with Crippen LogP contribution in [-0.2, 0) is 19.1 Å². The van der Waals surface area contributed by atoms with Gasteiger partial charge in [0.15, 0.2) is 5.69 Å². The van der Waals surface area contributed by atoms with E-state index in [1.165, 1.54) is 0 Å². The molecule has 2 aliphatic rings. The first-order chi connectivity index (χ1) is 7.24. The molecule has 0 aliphatic heterocycles. The predicted octanol–water partition coefficient (Wildman–Crippen LogP) is 2.65. The van der Waals surface area contributed by atoms with E-state index in [4.69, 9.17) is 0 Å². The molecule has 0 radical (unpaired) electrons. The van der Waals surface area contributed by atoms with Crippen LogP contribution in [0.4, 0.5) is 22.0 Å². The summed E-state index contributed by atoms with van der Waals surface area (Å²) in [6, 6.07) is 0. The van der Waals surface area contributed by atoms with Crippen molar-refractivity contribution < 1.29 is 22.0 Å². The van der Waals surface area contributed by atoms with Crippen molar-refractivity contribution >= 4 is 0 Å². The molecule has 0 saturated heterocycles. The van der Waals surface area contributed by atoms with Crippen LogP contribution in [0.25, 0.3) is 0 Å². The number of nitrogens with zero attached hydrogens (tertiary/aromatic N) is 2. The van der Waals surface area contributed by atoms with Gasteiger partial charge in [0.1, 0.15) is 0 Å². The fraction of sp³-hybridized carbons (Fsp3) is 0.667. The number of alkyl halides is 5. The smallest absolute Gasteiger partial charge is 0.263 e. The minimum absolute atomic E-state index is 0.0650. The third kappa shape index (κ3) is 0.985. The maximum atomic E-state index is 13.6. The number of fused-ring (bicyclic) bond motifs is 3.